The maximum Gasteiger partial charge on any atom is 0.341 e. The van der Waals surface area contributed by atoms with E-state index in [9.17, 15) is 9.59 Å². The fraction of sp³-hybridized carbons (Fsp3) is 0.571. The highest BCUT2D eigenvalue weighted by atomic mass is 32.1. The van der Waals surface area contributed by atoms with E-state index in [4.69, 9.17) is 10.5 Å². The number of rotatable bonds is 3. The molecule has 0 radical (unpaired) electrons. The molecule has 6 heteroatoms. The monoisotopic (exact) mass is 296 g/mol. The van der Waals surface area contributed by atoms with Crippen LogP contribution in [0.3, 0.4) is 0 Å². The third kappa shape index (κ3) is 2.80. The number of fused-ring (bicyclic) bond motifs is 1. The first-order valence-electron chi connectivity index (χ1n) is 6.70. The maximum absolute atomic E-state index is 12.1. The molecule has 0 bridgehead atoms. The molecule has 2 N–H and O–H groups in total. The van der Waals surface area contributed by atoms with Gasteiger partial charge in [-0.25, -0.2) is 4.79 Å². The minimum absolute atomic E-state index is 0.164. The van der Waals surface area contributed by atoms with Crippen LogP contribution in [0.25, 0.3) is 0 Å². The Morgan fingerprint density at radius 2 is 2.15 bits per heavy atom. The molecule has 0 fully saturated rings. The Hall–Kier alpha value is -1.56. The number of ether oxygens (including phenoxy) is 1. The van der Waals surface area contributed by atoms with Crippen LogP contribution in [0.4, 0.5) is 5.00 Å². The lowest BCUT2D eigenvalue weighted by atomic mass is 10.0. The van der Waals surface area contributed by atoms with Gasteiger partial charge in [0.1, 0.15) is 5.00 Å². The number of hydrogen-bond donors (Lipinski definition) is 1. The first-order chi connectivity index (χ1) is 9.43. The number of carbonyl (C=O) groups is 2. The summed E-state index contributed by atoms with van der Waals surface area (Å²) in [5.74, 6) is 0.127. The van der Waals surface area contributed by atoms with Crippen LogP contribution in [0.15, 0.2) is 0 Å². The van der Waals surface area contributed by atoms with E-state index in [0.717, 1.165) is 10.4 Å². The Morgan fingerprint density at radius 3 is 2.75 bits per heavy atom. The zero-order valence-electron chi connectivity index (χ0n) is 12.1. The standard InChI is InChI=1S/C14H20N2O3S/c1-8(2)6-11(17)16-5-4-9-10(7-16)20-13(15)12(9)14(18)19-3/h8H,4-7,15H2,1-3H3. The first kappa shape index (κ1) is 14.8. The Morgan fingerprint density at radius 1 is 1.45 bits per heavy atom. The summed E-state index contributed by atoms with van der Waals surface area (Å²) in [5, 5.41) is 0.486. The van der Waals surface area contributed by atoms with Gasteiger partial charge in [0, 0.05) is 17.8 Å². The van der Waals surface area contributed by atoms with Crippen LogP contribution in [0.5, 0.6) is 0 Å². The number of nitrogen functional groups attached to an aromatic ring is 1. The van der Waals surface area contributed by atoms with Crippen molar-refractivity contribution < 1.29 is 14.3 Å². The molecule has 0 unspecified atom stereocenters. The molecular weight excluding hydrogens is 276 g/mol. The average molecular weight is 296 g/mol. The van der Waals surface area contributed by atoms with Crippen molar-refractivity contribution in [1.82, 2.24) is 4.90 Å². The summed E-state index contributed by atoms with van der Waals surface area (Å²) in [7, 11) is 1.35. The van der Waals surface area contributed by atoms with Gasteiger partial charge < -0.3 is 15.4 Å². The highest BCUT2D eigenvalue weighted by molar-refractivity contribution is 7.16. The smallest absolute Gasteiger partial charge is 0.341 e. The Bertz CT molecular complexity index is 537. The van der Waals surface area contributed by atoms with Gasteiger partial charge in [0.25, 0.3) is 0 Å². The Balaban J connectivity index is 2.20. The molecule has 2 rings (SSSR count). The van der Waals surface area contributed by atoms with Crippen LogP contribution in [-0.2, 0) is 22.5 Å². The second-order valence-electron chi connectivity index (χ2n) is 5.40. The fourth-order valence-electron chi connectivity index (χ4n) is 2.44. The predicted molar refractivity (Wildman–Crippen MR) is 78.6 cm³/mol. The molecule has 1 amide bonds. The first-order valence-corrected chi connectivity index (χ1v) is 7.51. The molecule has 1 aromatic heterocycles. The molecule has 1 aliphatic heterocycles. The third-order valence-corrected chi connectivity index (χ3v) is 4.46. The van der Waals surface area contributed by atoms with E-state index in [1.54, 1.807) is 0 Å². The Kier molecular flexibility index (Phi) is 4.32. The van der Waals surface area contributed by atoms with Gasteiger partial charge in [-0.05, 0) is 17.9 Å². The van der Waals surface area contributed by atoms with Crippen LogP contribution < -0.4 is 5.73 Å². The van der Waals surface area contributed by atoms with Crippen molar-refractivity contribution in [3.8, 4) is 0 Å². The molecule has 1 aliphatic rings. The topological polar surface area (TPSA) is 72.6 Å². The van der Waals surface area contributed by atoms with E-state index in [2.05, 4.69) is 0 Å². The lowest BCUT2D eigenvalue weighted by Crippen LogP contribution is -2.36. The van der Waals surface area contributed by atoms with Crippen molar-refractivity contribution in [3.05, 3.63) is 16.0 Å². The number of amides is 1. The summed E-state index contributed by atoms with van der Waals surface area (Å²) in [4.78, 5) is 26.7. The number of methoxy groups -OCH3 is 1. The SMILES string of the molecule is COC(=O)c1c(N)sc2c1CCN(C(=O)CC(C)C)C2. The summed E-state index contributed by atoms with van der Waals surface area (Å²) in [6.45, 7) is 5.25. The van der Waals surface area contributed by atoms with Gasteiger partial charge in [-0.15, -0.1) is 11.3 Å². The number of nitrogens with zero attached hydrogens (tertiary/aromatic N) is 1. The summed E-state index contributed by atoms with van der Waals surface area (Å²) in [5.41, 5.74) is 7.36. The number of esters is 1. The third-order valence-electron chi connectivity index (χ3n) is 3.41. The summed E-state index contributed by atoms with van der Waals surface area (Å²) < 4.78 is 4.78. The van der Waals surface area contributed by atoms with Gasteiger partial charge >= 0.3 is 5.97 Å². The number of carbonyl (C=O) groups excluding carboxylic acids is 2. The van der Waals surface area contributed by atoms with E-state index in [1.807, 2.05) is 18.7 Å². The minimum Gasteiger partial charge on any atom is -0.465 e. The van der Waals surface area contributed by atoms with Crippen LogP contribution in [0.1, 0.15) is 41.1 Å². The highest BCUT2D eigenvalue weighted by Crippen LogP contribution is 2.35. The predicted octanol–water partition coefficient (Wildman–Crippen LogP) is 2.05. The quantitative estimate of drug-likeness (QED) is 0.866. The van der Waals surface area contributed by atoms with E-state index in [-0.39, 0.29) is 11.9 Å². The van der Waals surface area contributed by atoms with E-state index >= 15 is 0 Å². The summed E-state index contributed by atoms with van der Waals surface area (Å²) in [6.07, 6.45) is 1.22. The van der Waals surface area contributed by atoms with Crippen LogP contribution in [0, 0.1) is 5.92 Å². The molecule has 0 atom stereocenters. The molecule has 0 aromatic carbocycles. The molecule has 0 saturated carbocycles. The van der Waals surface area contributed by atoms with E-state index in [1.165, 1.54) is 18.4 Å². The van der Waals surface area contributed by atoms with Gasteiger partial charge in [-0.1, -0.05) is 13.8 Å². The van der Waals surface area contributed by atoms with Crippen molar-refractivity contribution in [1.29, 1.82) is 0 Å². The molecule has 0 saturated heterocycles. The number of hydrogen-bond acceptors (Lipinski definition) is 5. The van der Waals surface area contributed by atoms with Gasteiger partial charge in [0.15, 0.2) is 0 Å². The lowest BCUT2D eigenvalue weighted by molar-refractivity contribution is -0.132. The van der Waals surface area contributed by atoms with Crippen LogP contribution in [0.2, 0.25) is 0 Å². The second-order valence-corrected chi connectivity index (χ2v) is 6.53. The molecule has 0 aliphatic carbocycles. The maximum atomic E-state index is 12.1. The zero-order valence-corrected chi connectivity index (χ0v) is 12.9. The van der Waals surface area contributed by atoms with E-state index in [0.29, 0.717) is 42.4 Å². The zero-order chi connectivity index (χ0) is 14.9. The van der Waals surface area contributed by atoms with Crippen LogP contribution in [-0.4, -0.2) is 30.4 Å². The van der Waals surface area contributed by atoms with E-state index < -0.39 is 0 Å². The molecule has 1 aromatic rings. The van der Waals surface area contributed by atoms with Gasteiger partial charge in [-0.2, -0.15) is 0 Å². The number of thiophene rings is 1. The van der Waals surface area contributed by atoms with Crippen molar-refractivity contribution in [2.24, 2.45) is 5.92 Å². The van der Waals surface area contributed by atoms with Gasteiger partial charge in [0.05, 0.1) is 19.2 Å². The van der Waals surface area contributed by atoms with Crippen molar-refractivity contribution in [3.63, 3.8) is 0 Å². The largest absolute Gasteiger partial charge is 0.465 e. The molecule has 0 spiro atoms. The Labute approximate surface area is 122 Å². The van der Waals surface area contributed by atoms with Gasteiger partial charge in [-0.3, -0.25) is 4.79 Å². The van der Waals surface area contributed by atoms with Crippen molar-refractivity contribution in [2.75, 3.05) is 19.4 Å². The molecular formula is C14H20N2O3S. The molecule has 20 heavy (non-hydrogen) atoms. The number of nitrogens with two attached hydrogens (primary N) is 1. The fourth-order valence-corrected chi connectivity index (χ4v) is 3.56. The second kappa shape index (κ2) is 5.83. The number of anilines is 1. The molecule has 2 heterocycles. The normalized spacial score (nSPS) is 14.3. The summed E-state index contributed by atoms with van der Waals surface area (Å²) in [6, 6.07) is 0. The van der Waals surface area contributed by atoms with Crippen LogP contribution >= 0.6 is 11.3 Å². The average Bonchev–Trinajstić information content (AvgIpc) is 2.71. The molecule has 110 valence electrons. The van der Waals surface area contributed by atoms with Gasteiger partial charge in [0.2, 0.25) is 5.91 Å². The lowest BCUT2D eigenvalue weighted by Gasteiger charge is -2.27. The molecule has 5 nitrogen and oxygen atoms in total. The van der Waals surface area contributed by atoms with Crippen molar-refractivity contribution >= 4 is 28.2 Å². The minimum atomic E-state index is -0.387. The highest BCUT2D eigenvalue weighted by Gasteiger charge is 2.29. The summed E-state index contributed by atoms with van der Waals surface area (Å²) >= 11 is 1.38. The van der Waals surface area contributed by atoms with Crippen molar-refractivity contribution in [2.45, 2.75) is 33.2 Å².